The average Bonchev–Trinajstić information content (AvgIpc) is 2.79. The predicted octanol–water partition coefficient (Wildman–Crippen LogP) is 4.30. The molecule has 2 aromatic carbocycles. The molecule has 0 saturated carbocycles. The predicted molar refractivity (Wildman–Crippen MR) is 89.7 cm³/mol. The fraction of sp³-hybridized carbons (Fsp3) is 0.316. The van der Waals surface area contributed by atoms with Crippen LogP contribution >= 0.6 is 0 Å². The van der Waals surface area contributed by atoms with Crippen molar-refractivity contribution in [2.24, 2.45) is 5.92 Å². The smallest absolute Gasteiger partial charge is 0.256 e. The minimum absolute atomic E-state index is 0.0788. The van der Waals surface area contributed by atoms with Gasteiger partial charge < -0.3 is 10.2 Å². The van der Waals surface area contributed by atoms with Gasteiger partial charge in [0.2, 0.25) is 0 Å². The number of fused-ring (bicyclic) bond motifs is 1. The highest BCUT2D eigenvalue weighted by atomic mass is 16.2. The van der Waals surface area contributed by atoms with E-state index in [9.17, 15) is 4.79 Å². The lowest BCUT2D eigenvalue weighted by atomic mass is 10.1. The van der Waals surface area contributed by atoms with Crippen LogP contribution in [-0.2, 0) is 0 Å². The maximum absolute atomic E-state index is 12.7. The molecule has 0 saturated heterocycles. The van der Waals surface area contributed by atoms with Gasteiger partial charge in [-0.25, -0.2) is 0 Å². The lowest BCUT2D eigenvalue weighted by molar-refractivity contribution is 0.0735. The Morgan fingerprint density at radius 1 is 1.05 bits per heavy atom. The molecule has 0 unspecified atom stereocenters. The lowest BCUT2D eigenvalue weighted by Gasteiger charge is -2.27. The molecule has 22 heavy (non-hydrogen) atoms. The van der Waals surface area contributed by atoms with Crippen molar-refractivity contribution >= 4 is 11.6 Å². The maximum atomic E-state index is 12.7. The van der Waals surface area contributed by atoms with E-state index in [0.29, 0.717) is 5.92 Å². The van der Waals surface area contributed by atoms with Crippen LogP contribution in [0.1, 0.15) is 42.4 Å². The molecule has 0 spiro atoms. The molecule has 0 aliphatic carbocycles. The Morgan fingerprint density at radius 2 is 1.73 bits per heavy atom. The second kappa shape index (κ2) is 6.22. The molecular weight excluding hydrogens is 272 g/mol. The number of nitrogens with zero attached hydrogens (tertiary/aromatic N) is 1. The summed E-state index contributed by atoms with van der Waals surface area (Å²) in [5, 5.41) is 3.51. The van der Waals surface area contributed by atoms with Gasteiger partial charge in [-0.15, -0.1) is 0 Å². The first-order chi connectivity index (χ1) is 10.7. The third-order valence-electron chi connectivity index (χ3n) is 4.08. The molecule has 1 N–H and O–H groups in total. The molecule has 1 heterocycles. The Bertz CT molecular complexity index is 651. The third-order valence-corrected chi connectivity index (χ3v) is 4.08. The monoisotopic (exact) mass is 294 g/mol. The van der Waals surface area contributed by atoms with E-state index >= 15 is 0 Å². The number of rotatable bonds is 5. The summed E-state index contributed by atoms with van der Waals surface area (Å²) in [4.78, 5) is 14.7. The molecule has 0 bridgehead atoms. The first kappa shape index (κ1) is 14.6. The summed E-state index contributed by atoms with van der Waals surface area (Å²) in [5.74, 6) is 0.707. The van der Waals surface area contributed by atoms with Crippen molar-refractivity contribution in [3.05, 3.63) is 65.7 Å². The fourth-order valence-electron chi connectivity index (χ4n) is 2.85. The highest BCUT2D eigenvalue weighted by Crippen LogP contribution is 2.34. The summed E-state index contributed by atoms with van der Waals surface area (Å²) in [6.07, 6.45) is 0.928. The quantitative estimate of drug-likeness (QED) is 0.891. The summed E-state index contributed by atoms with van der Waals surface area (Å²) < 4.78 is 0. The van der Waals surface area contributed by atoms with Gasteiger partial charge in [0.15, 0.2) is 0 Å². The van der Waals surface area contributed by atoms with Crippen LogP contribution in [0.15, 0.2) is 54.6 Å². The third kappa shape index (κ3) is 2.84. The second-order valence-electron chi connectivity index (χ2n) is 6.18. The van der Waals surface area contributed by atoms with Gasteiger partial charge in [-0.2, -0.15) is 0 Å². The van der Waals surface area contributed by atoms with Gasteiger partial charge in [0.25, 0.3) is 5.91 Å². The molecule has 1 atom stereocenters. The van der Waals surface area contributed by atoms with Crippen LogP contribution in [0.2, 0.25) is 0 Å². The largest absolute Gasteiger partial charge is 0.361 e. The highest BCUT2D eigenvalue weighted by molar-refractivity contribution is 5.99. The van der Waals surface area contributed by atoms with Crippen molar-refractivity contribution in [2.45, 2.75) is 26.4 Å². The molecule has 3 nitrogen and oxygen atoms in total. The Labute approximate surface area is 132 Å². The SMILES string of the molecule is CC(C)CCN1C(=O)c2ccccc2[C@@H]1Nc1ccccc1. The molecule has 3 rings (SSSR count). The molecule has 0 fully saturated rings. The van der Waals surface area contributed by atoms with E-state index in [1.807, 2.05) is 59.5 Å². The van der Waals surface area contributed by atoms with Crippen molar-refractivity contribution in [1.82, 2.24) is 4.90 Å². The molecule has 3 heteroatoms. The van der Waals surface area contributed by atoms with Crippen LogP contribution < -0.4 is 5.32 Å². The zero-order valence-electron chi connectivity index (χ0n) is 13.1. The van der Waals surface area contributed by atoms with Crippen LogP contribution in [0.25, 0.3) is 0 Å². The van der Waals surface area contributed by atoms with Gasteiger partial charge in [-0.3, -0.25) is 4.79 Å². The number of carbonyl (C=O) groups is 1. The van der Waals surface area contributed by atoms with Crippen LogP contribution in [-0.4, -0.2) is 17.4 Å². The van der Waals surface area contributed by atoms with E-state index in [-0.39, 0.29) is 12.1 Å². The van der Waals surface area contributed by atoms with Gasteiger partial charge in [0.05, 0.1) is 0 Å². The molecule has 114 valence electrons. The normalized spacial score (nSPS) is 17.0. The molecule has 1 aliphatic rings. The Balaban J connectivity index is 1.89. The van der Waals surface area contributed by atoms with Crippen molar-refractivity contribution in [2.75, 3.05) is 11.9 Å². The number of nitrogens with one attached hydrogen (secondary N) is 1. The first-order valence-electron chi connectivity index (χ1n) is 7.88. The summed E-state index contributed by atoms with van der Waals surface area (Å²) in [7, 11) is 0. The van der Waals surface area contributed by atoms with E-state index in [1.165, 1.54) is 0 Å². The Hall–Kier alpha value is -2.29. The average molecular weight is 294 g/mol. The topological polar surface area (TPSA) is 32.3 Å². The van der Waals surface area contributed by atoms with E-state index in [4.69, 9.17) is 0 Å². The highest BCUT2D eigenvalue weighted by Gasteiger charge is 2.36. The molecular formula is C19H22N2O. The Morgan fingerprint density at radius 3 is 2.45 bits per heavy atom. The zero-order valence-corrected chi connectivity index (χ0v) is 13.1. The minimum atomic E-state index is -0.0788. The number of hydrogen-bond acceptors (Lipinski definition) is 2. The molecule has 0 aromatic heterocycles. The van der Waals surface area contributed by atoms with Gasteiger partial charge >= 0.3 is 0 Å². The molecule has 1 aliphatic heterocycles. The van der Waals surface area contributed by atoms with Crippen molar-refractivity contribution < 1.29 is 4.79 Å². The second-order valence-corrected chi connectivity index (χ2v) is 6.18. The van der Waals surface area contributed by atoms with E-state index < -0.39 is 0 Å². The van der Waals surface area contributed by atoms with E-state index in [2.05, 4.69) is 19.2 Å². The number of anilines is 1. The van der Waals surface area contributed by atoms with Gasteiger partial charge in [-0.05, 0) is 30.5 Å². The van der Waals surface area contributed by atoms with Crippen molar-refractivity contribution in [3.63, 3.8) is 0 Å². The van der Waals surface area contributed by atoms with Gasteiger partial charge in [0, 0.05) is 23.4 Å². The number of hydrogen-bond donors (Lipinski definition) is 1. The first-order valence-corrected chi connectivity index (χ1v) is 7.88. The summed E-state index contributed by atoms with van der Waals surface area (Å²) in [6, 6.07) is 18.0. The van der Waals surface area contributed by atoms with Crippen LogP contribution in [0.3, 0.4) is 0 Å². The number of benzene rings is 2. The summed E-state index contributed by atoms with van der Waals surface area (Å²) >= 11 is 0. The zero-order chi connectivity index (χ0) is 15.5. The lowest BCUT2D eigenvalue weighted by Crippen LogP contribution is -2.33. The maximum Gasteiger partial charge on any atom is 0.256 e. The minimum Gasteiger partial charge on any atom is -0.361 e. The van der Waals surface area contributed by atoms with Gasteiger partial charge in [0.1, 0.15) is 6.17 Å². The summed E-state index contributed by atoms with van der Waals surface area (Å²) in [6.45, 7) is 5.15. The number of para-hydroxylation sites is 1. The fourth-order valence-corrected chi connectivity index (χ4v) is 2.85. The van der Waals surface area contributed by atoms with Crippen molar-refractivity contribution in [3.8, 4) is 0 Å². The van der Waals surface area contributed by atoms with Gasteiger partial charge in [-0.1, -0.05) is 50.2 Å². The van der Waals surface area contributed by atoms with Crippen LogP contribution in [0.5, 0.6) is 0 Å². The Kier molecular flexibility index (Phi) is 4.14. The summed E-state index contributed by atoms with van der Waals surface area (Å²) in [5.41, 5.74) is 2.92. The van der Waals surface area contributed by atoms with E-state index in [1.54, 1.807) is 0 Å². The van der Waals surface area contributed by atoms with E-state index in [0.717, 1.165) is 29.8 Å². The van der Waals surface area contributed by atoms with Crippen LogP contribution in [0.4, 0.5) is 5.69 Å². The molecule has 2 aromatic rings. The molecule has 1 amide bonds. The number of amides is 1. The molecule has 0 radical (unpaired) electrons. The van der Waals surface area contributed by atoms with Crippen LogP contribution in [0, 0.1) is 5.92 Å². The number of carbonyl (C=O) groups excluding carboxylic acids is 1. The van der Waals surface area contributed by atoms with Crippen molar-refractivity contribution in [1.29, 1.82) is 0 Å². The standard InChI is InChI=1S/C19H22N2O/c1-14(2)12-13-21-18(20-15-8-4-3-5-9-15)16-10-6-7-11-17(16)19(21)22/h3-11,14,18,20H,12-13H2,1-2H3/t18-/m1/s1.